The van der Waals surface area contributed by atoms with Crippen molar-refractivity contribution < 1.29 is 8.42 Å². The lowest BCUT2D eigenvalue weighted by Gasteiger charge is -2.31. The smallest absolute Gasteiger partial charge is 0.243 e. The minimum Gasteiger partial charge on any atom is -0.348 e. The van der Waals surface area contributed by atoms with Crippen LogP contribution < -0.4 is 0 Å². The number of pyridine rings is 1. The van der Waals surface area contributed by atoms with Crippen LogP contribution in [0.15, 0.2) is 53.8 Å². The summed E-state index contributed by atoms with van der Waals surface area (Å²) in [6.45, 7) is 0.989. The summed E-state index contributed by atoms with van der Waals surface area (Å²) >= 11 is 0. The molecule has 1 aromatic carbocycles. The normalized spacial score (nSPS) is 19.6. The Morgan fingerprint density at radius 2 is 2.04 bits per heavy atom. The Kier molecular flexibility index (Phi) is 3.82. The van der Waals surface area contributed by atoms with Gasteiger partial charge >= 0.3 is 0 Å². The third kappa shape index (κ3) is 2.59. The van der Waals surface area contributed by atoms with Crippen molar-refractivity contribution in [3.05, 3.63) is 54.7 Å². The molecule has 0 saturated carbocycles. The van der Waals surface area contributed by atoms with E-state index in [4.69, 9.17) is 0 Å². The van der Waals surface area contributed by atoms with Crippen LogP contribution in [0.4, 0.5) is 0 Å². The number of fused-ring (bicyclic) bond motifs is 1. The van der Waals surface area contributed by atoms with Gasteiger partial charge in [-0.3, -0.25) is 4.98 Å². The van der Waals surface area contributed by atoms with Crippen molar-refractivity contribution in [2.75, 3.05) is 13.1 Å². The Morgan fingerprint density at radius 1 is 1.12 bits per heavy atom. The zero-order valence-corrected chi connectivity index (χ0v) is 13.9. The quantitative estimate of drug-likeness (QED) is 0.793. The van der Waals surface area contributed by atoms with Crippen molar-refractivity contribution in [2.24, 2.45) is 0 Å². The van der Waals surface area contributed by atoms with Gasteiger partial charge in [0.1, 0.15) is 5.82 Å². The molecule has 0 bridgehead atoms. The predicted molar refractivity (Wildman–Crippen MR) is 91.1 cm³/mol. The molecule has 3 aromatic rings. The van der Waals surface area contributed by atoms with E-state index >= 15 is 0 Å². The van der Waals surface area contributed by atoms with Crippen LogP contribution in [0, 0.1) is 0 Å². The van der Waals surface area contributed by atoms with Gasteiger partial charge in [-0.05, 0) is 37.1 Å². The summed E-state index contributed by atoms with van der Waals surface area (Å²) in [7, 11) is -3.56. The Labute approximate surface area is 140 Å². The first kappa shape index (κ1) is 15.3. The lowest BCUT2D eigenvalue weighted by atomic mass is 9.99. The summed E-state index contributed by atoms with van der Waals surface area (Å²) < 4.78 is 27.9. The van der Waals surface area contributed by atoms with Gasteiger partial charge in [0.25, 0.3) is 0 Å². The molecule has 1 atom stereocenters. The Morgan fingerprint density at radius 3 is 2.88 bits per heavy atom. The monoisotopic (exact) mass is 342 g/mol. The second-order valence-corrected chi connectivity index (χ2v) is 7.91. The van der Waals surface area contributed by atoms with E-state index in [1.54, 1.807) is 41.1 Å². The molecule has 1 saturated heterocycles. The first-order chi connectivity index (χ1) is 11.7. The predicted octanol–water partition coefficient (Wildman–Crippen LogP) is 2.53. The number of sulfonamides is 1. The van der Waals surface area contributed by atoms with Crippen LogP contribution in [-0.4, -0.2) is 40.8 Å². The fourth-order valence-corrected chi connectivity index (χ4v) is 5.05. The van der Waals surface area contributed by atoms with Crippen molar-refractivity contribution in [1.82, 2.24) is 19.3 Å². The minimum absolute atomic E-state index is 0.108. The van der Waals surface area contributed by atoms with Crippen LogP contribution in [0.5, 0.6) is 0 Å². The molecular weight excluding hydrogens is 324 g/mol. The van der Waals surface area contributed by atoms with E-state index in [9.17, 15) is 8.42 Å². The Hall–Kier alpha value is -2.25. The molecule has 1 fully saturated rings. The van der Waals surface area contributed by atoms with Crippen LogP contribution in [0.1, 0.15) is 24.6 Å². The number of benzene rings is 1. The number of imidazole rings is 1. The van der Waals surface area contributed by atoms with E-state index in [0.29, 0.717) is 28.9 Å². The molecule has 124 valence electrons. The minimum atomic E-state index is -3.56. The van der Waals surface area contributed by atoms with Crippen LogP contribution in [0.3, 0.4) is 0 Å². The average molecular weight is 342 g/mol. The molecule has 2 aromatic heterocycles. The number of rotatable bonds is 3. The molecule has 0 spiro atoms. The zero-order valence-electron chi connectivity index (χ0n) is 13.1. The standard InChI is InChI=1S/C17H18N4O2S/c22-24(23,16-7-1-6-15-14(16)5-2-8-18-15)21-11-3-4-13(12-21)17-19-9-10-20-17/h1-2,5-10,13H,3-4,11-12H2,(H,19,20)/t13-/m1/s1. The van der Waals surface area contributed by atoms with Gasteiger partial charge in [0, 0.05) is 43.0 Å². The average Bonchev–Trinajstić information content (AvgIpc) is 3.16. The van der Waals surface area contributed by atoms with Crippen LogP contribution in [0.25, 0.3) is 10.9 Å². The van der Waals surface area contributed by atoms with Crippen LogP contribution >= 0.6 is 0 Å². The zero-order chi connectivity index (χ0) is 16.6. The molecule has 0 aliphatic carbocycles. The summed E-state index contributed by atoms with van der Waals surface area (Å²) in [5.41, 5.74) is 0.693. The molecule has 24 heavy (non-hydrogen) atoms. The molecule has 0 amide bonds. The Balaban J connectivity index is 1.71. The van der Waals surface area contributed by atoms with Gasteiger partial charge in [-0.1, -0.05) is 6.07 Å². The molecule has 1 N–H and O–H groups in total. The molecule has 0 unspecified atom stereocenters. The number of piperidine rings is 1. The van der Waals surface area contributed by atoms with Crippen molar-refractivity contribution in [3.63, 3.8) is 0 Å². The van der Waals surface area contributed by atoms with Gasteiger partial charge < -0.3 is 4.98 Å². The molecule has 3 heterocycles. The van der Waals surface area contributed by atoms with E-state index in [1.807, 2.05) is 12.1 Å². The highest BCUT2D eigenvalue weighted by Gasteiger charge is 2.32. The summed E-state index contributed by atoms with van der Waals surface area (Å²) in [6.07, 6.45) is 6.93. The third-order valence-corrected chi connectivity index (χ3v) is 6.44. The number of nitrogens with one attached hydrogen (secondary N) is 1. The number of aromatic nitrogens is 3. The molecule has 7 heteroatoms. The van der Waals surface area contributed by atoms with E-state index < -0.39 is 10.0 Å². The van der Waals surface area contributed by atoms with Gasteiger partial charge in [-0.15, -0.1) is 0 Å². The van der Waals surface area contributed by atoms with Crippen LogP contribution in [0.2, 0.25) is 0 Å². The fraction of sp³-hybridized carbons (Fsp3) is 0.294. The summed E-state index contributed by atoms with van der Waals surface area (Å²) in [5, 5.41) is 0.667. The fourth-order valence-electron chi connectivity index (χ4n) is 3.32. The highest BCUT2D eigenvalue weighted by molar-refractivity contribution is 7.89. The van der Waals surface area contributed by atoms with Gasteiger partial charge in [0.05, 0.1) is 10.4 Å². The molecular formula is C17H18N4O2S. The van der Waals surface area contributed by atoms with E-state index in [0.717, 1.165) is 18.7 Å². The van der Waals surface area contributed by atoms with Crippen molar-refractivity contribution in [3.8, 4) is 0 Å². The van der Waals surface area contributed by atoms with Crippen molar-refractivity contribution in [1.29, 1.82) is 0 Å². The summed E-state index contributed by atoms with van der Waals surface area (Å²) in [6, 6.07) is 8.81. The van der Waals surface area contributed by atoms with Crippen molar-refractivity contribution in [2.45, 2.75) is 23.7 Å². The lowest BCUT2D eigenvalue weighted by Crippen LogP contribution is -2.39. The van der Waals surface area contributed by atoms with Gasteiger partial charge in [-0.25, -0.2) is 13.4 Å². The maximum absolute atomic E-state index is 13.2. The number of aromatic amines is 1. The topological polar surface area (TPSA) is 79.0 Å². The molecule has 0 radical (unpaired) electrons. The molecule has 1 aliphatic rings. The second kappa shape index (κ2) is 5.99. The van der Waals surface area contributed by atoms with E-state index in [1.165, 1.54) is 0 Å². The number of hydrogen-bond donors (Lipinski definition) is 1. The number of nitrogens with zero attached hydrogens (tertiary/aromatic N) is 3. The van der Waals surface area contributed by atoms with Gasteiger partial charge in [0.2, 0.25) is 10.0 Å². The lowest BCUT2D eigenvalue weighted by molar-refractivity contribution is 0.310. The summed E-state index contributed by atoms with van der Waals surface area (Å²) in [4.78, 5) is 12.0. The maximum Gasteiger partial charge on any atom is 0.243 e. The molecule has 1 aliphatic heterocycles. The van der Waals surface area contributed by atoms with Crippen LogP contribution in [-0.2, 0) is 10.0 Å². The third-order valence-electron chi connectivity index (χ3n) is 4.51. The van der Waals surface area contributed by atoms with Gasteiger partial charge in [0.15, 0.2) is 0 Å². The Bertz CT molecular complexity index is 948. The molecule has 4 rings (SSSR count). The SMILES string of the molecule is O=S(=O)(c1cccc2ncccc12)N1CCC[C@@H](c2ncc[nH]2)C1. The summed E-state index contributed by atoms with van der Waals surface area (Å²) in [5.74, 6) is 0.964. The largest absolute Gasteiger partial charge is 0.348 e. The maximum atomic E-state index is 13.2. The number of hydrogen-bond acceptors (Lipinski definition) is 4. The van der Waals surface area contributed by atoms with Crippen molar-refractivity contribution >= 4 is 20.9 Å². The highest BCUT2D eigenvalue weighted by atomic mass is 32.2. The number of H-pyrrole nitrogens is 1. The highest BCUT2D eigenvalue weighted by Crippen LogP contribution is 2.30. The molecule has 6 nitrogen and oxygen atoms in total. The first-order valence-corrected chi connectivity index (χ1v) is 9.43. The van der Waals surface area contributed by atoms with Gasteiger partial charge in [-0.2, -0.15) is 4.31 Å². The van der Waals surface area contributed by atoms with E-state index in [2.05, 4.69) is 15.0 Å². The second-order valence-electron chi connectivity index (χ2n) is 6.00. The first-order valence-electron chi connectivity index (χ1n) is 7.99. The van der Waals surface area contributed by atoms with E-state index in [-0.39, 0.29) is 5.92 Å².